The minimum Gasteiger partial charge on any atom is -0.478 e. The van der Waals surface area contributed by atoms with Crippen molar-refractivity contribution in [3.8, 4) is 11.5 Å². The molecule has 0 amide bonds. The monoisotopic (exact) mass is 245 g/mol. The molecule has 0 aliphatic carbocycles. The van der Waals surface area contributed by atoms with Crippen molar-refractivity contribution in [2.45, 2.75) is 26.7 Å². The molecular weight excluding hydrogens is 230 g/mol. The number of aromatic nitrogens is 1. The first kappa shape index (κ1) is 12.4. The zero-order valence-corrected chi connectivity index (χ0v) is 10.6. The summed E-state index contributed by atoms with van der Waals surface area (Å²) in [4.78, 5) is 15.7. The lowest BCUT2D eigenvalue weighted by Crippen LogP contribution is -2.08. The highest BCUT2D eigenvalue weighted by Gasteiger charge is 2.18. The molecule has 1 N–H and O–H groups in total. The molecule has 94 valence electrons. The van der Waals surface area contributed by atoms with Crippen molar-refractivity contribution in [3.63, 3.8) is 0 Å². The second-order valence-electron chi connectivity index (χ2n) is 4.52. The SMILES string of the molecule is Cc1cc(C(=O)O)c(C(C)C)nc1-c1ccco1. The third-order valence-corrected chi connectivity index (χ3v) is 2.77. The van der Waals surface area contributed by atoms with Crippen LogP contribution in [0.5, 0.6) is 0 Å². The van der Waals surface area contributed by atoms with Crippen LogP contribution in [-0.4, -0.2) is 16.1 Å². The largest absolute Gasteiger partial charge is 0.478 e. The molecule has 2 aromatic rings. The van der Waals surface area contributed by atoms with Gasteiger partial charge in [0, 0.05) is 0 Å². The van der Waals surface area contributed by atoms with E-state index in [-0.39, 0.29) is 11.5 Å². The Bertz CT molecular complexity index is 571. The summed E-state index contributed by atoms with van der Waals surface area (Å²) in [6.07, 6.45) is 1.58. The van der Waals surface area contributed by atoms with Crippen LogP contribution in [0.3, 0.4) is 0 Å². The number of carboxylic acids is 1. The first-order chi connectivity index (χ1) is 8.50. The number of aryl methyl sites for hydroxylation is 1. The predicted molar refractivity (Wildman–Crippen MR) is 67.7 cm³/mol. The van der Waals surface area contributed by atoms with Crippen molar-refractivity contribution in [2.24, 2.45) is 0 Å². The first-order valence-corrected chi connectivity index (χ1v) is 5.79. The highest BCUT2D eigenvalue weighted by Crippen LogP contribution is 2.27. The van der Waals surface area contributed by atoms with Gasteiger partial charge in [-0.3, -0.25) is 0 Å². The summed E-state index contributed by atoms with van der Waals surface area (Å²) < 4.78 is 5.33. The average Bonchev–Trinajstić information content (AvgIpc) is 2.81. The molecule has 0 aliphatic rings. The second-order valence-corrected chi connectivity index (χ2v) is 4.52. The van der Waals surface area contributed by atoms with E-state index in [2.05, 4.69) is 4.98 Å². The molecule has 0 saturated heterocycles. The van der Waals surface area contributed by atoms with Crippen molar-refractivity contribution in [2.75, 3.05) is 0 Å². The molecule has 2 aromatic heterocycles. The third-order valence-electron chi connectivity index (χ3n) is 2.77. The highest BCUT2D eigenvalue weighted by atomic mass is 16.4. The molecule has 0 atom stereocenters. The van der Waals surface area contributed by atoms with Gasteiger partial charge in [0.2, 0.25) is 0 Å². The van der Waals surface area contributed by atoms with Crippen LogP contribution in [0.2, 0.25) is 0 Å². The van der Waals surface area contributed by atoms with E-state index in [1.165, 1.54) is 0 Å². The van der Waals surface area contributed by atoms with Crippen LogP contribution in [0.4, 0.5) is 0 Å². The van der Waals surface area contributed by atoms with Crippen LogP contribution >= 0.6 is 0 Å². The van der Waals surface area contributed by atoms with Crippen LogP contribution in [0.25, 0.3) is 11.5 Å². The van der Waals surface area contributed by atoms with Gasteiger partial charge in [-0.1, -0.05) is 13.8 Å². The van der Waals surface area contributed by atoms with Gasteiger partial charge in [-0.2, -0.15) is 0 Å². The highest BCUT2D eigenvalue weighted by molar-refractivity contribution is 5.90. The summed E-state index contributed by atoms with van der Waals surface area (Å²) in [5.41, 5.74) is 2.35. The Morgan fingerprint density at radius 1 is 1.44 bits per heavy atom. The van der Waals surface area contributed by atoms with Gasteiger partial charge >= 0.3 is 5.97 Å². The number of carboxylic acid groups (broad SMARTS) is 1. The molecule has 0 aliphatic heterocycles. The van der Waals surface area contributed by atoms with E-state index in [1.807, 2.05) is 26.8 Å². The van der Waals surface area contributed by atoms with Crippen LogP contribution < -0.4 is 0 Å². The van der Waals surface area contributed by atoms with E-state index >= 15 is 0 Å². The molecule has 0 bridgehead atoms. The molecule has 2 rings (SSSR count). The quantitative estimate of drug-likeness (QED) is 0.899. The summed E-state index contributed by atoms with van der Waals surface area (Å²) >= 11 is 0. The van der Waals surface area contributed by atoms with Crippen LogP contribution in [0, 0.1) is 6.92 Å². The zero-order chi connectivity index (χ0) is 13.3. The number of nitrogens with zero attached hydrogens (tertiary/aromatic N) is 1. The van der Waals surface area contributed by atoms with Crippen LogP contribution in [0.1, 0.15) is 41.4 Å². The molecule has 18 heavy (non-hydrogen) atoms. The predicted octanol–water partition coefficient (Wildman–Crippen LogP) is 3.47. The van der Waals surface area contributed by atoms with Crippen molar-refractivity contribution in [1.82, 2.24) is 4.98 Å². The summed E-state index contributed by atoms with van der Waals surface area (Å²) in [5, 5.41) is 9.20. The Morgan fingerprint density at radius 2 is 2.17 bits per heavy atom. The van der Waals surface area contributed by atoms with E-state index in [1.54, 1.807) is 18.4 Å². The molecule has 0 unspecified atom stereocenters. The Balaban J connectivity index is 2.64. The molecule has 0 radical (unpaired) electrons. The summed E-state index contributed by atoms with van der Waals surface area (Å²) in [6.45, 7) is 5.69. The Labute approximate surface area is 105 Å². The lowest BCUT2D eigenvalue weighted by Gasteiger charge is -2.12. The van der Waals surface area contributed by atoms with Gasteiger partial charge in [0.25, 0.3) is 0 Å². The third kappa shape index (κ3) is 2.14. The maximum atomic E-state index is 11.2. The van der Waals surface area contributed by atoms with Gasteiger partial charge in [0.1, 0.15) is 5.69 Å². The van der Waals surface area contributed by atoms with Gasteiger partial charge in [-0.15, -0.1) is 0 Å². The van der Waals surface area contributed by atoms with Crippen LogP contribution in [0.15, 0.2) is 28.9 Å². The standard InChI is InChI=1S/C14H15NO3/c1-8(2)12-10(14(16)17)7-9(3)13(15-12)11-5-4-6-18-11/h4-8H,1-3H3,(H,16,17). The number of hydrogen-bond donors (Lipinski definition) is 1. The van der Waals surface area contributed by atoms with Gasteiger partial charge in [-0.25, -0.2) is 9.78 Å². The van der Waals surface area contributed by atoms with Crippen molar-refractivity contribution >= 4 is 5.97 Å². The number of aromatic carboxylic acids is 1. The Kier molecular flexibility index (Phi) is 3.19. The van der Waals surface area contributed by atoms with Crippen molar-refractivity contribution in [1.29, 1.82) is 0 Å². The molecule has 0 aromatic carbocycles. The van der Waals surface area contributed by atoms with Gasteiger partial charge in [0.05, 0.1) is 17.5 Å². The summed E-state index contributed by atoms with van der Waals surface area (Å²) in [5.74, 6) is -0.239. The number of hydrogen-bond acceptors (Lipinski definition) is 3. The number of pyridine rings is 1. The smallest absolute Gasteiger partial charge is 0.337 e. The molecule has 0 fully saturated rings. The molecule has 2 heterocycles. The zero-order valence-electron chi connectivity index (χ0n) is 10.6. The van der Waals surface area contributed by atoms with Gasteiger partial charge in [0.15, 0.2) is 5.76 Å². The average molecular weight is 245 g/mol. The van der Waals surface area contributed by atoms with Gasteiger partial charge < -0.3 is 9.52 Å². The Morgan fingerprint density at radius 3 is 2.67 bits per heavy atom. The normalized spacial score (nSPS) is 10.9. The molecule has 4 heteroatoms. The first-order valence-electron chi connectivity index (χ1n) is 5.79. The fourth-order valence-electron chi connectivity index (χ4n) is 1.90. The lowest BCUT2D eigenvalue weighted by atomic mass is 10.00. The van der Waals surface area contributed by atoms with E-state index in [9.17, 15) is 9.90 Å². The van der Waals surface area contributed by atoms with Crippen LogP contribution in [-0.2, 0) is 0 Å². The Hall–Kier alpha value is -2.10. The molecular formula is C14H15NO3. The van der Waals surface area contributed by atoms with Gasteiger partial charge in [-0.05, 0) is 36.6 Å². The van der Waals surface area contributed by atoms with E-state index < -0.39 is 5.97 Å². The van der Waals surface area contributed by atoms with E-state index in [0.717, 1.165) is 5.56 Å². The van der Waals surface area contributed by atoms with Crippen molar-refractivity contribution < 1.29 is 14.3 Å². The number of furan rings is 1. The fraction of sp³-hybridized carbons (Fsp3) is 0.286. The maximum absolute atomic E-state index is 11.2. The fourth-order valence-corrected chi connectivity index (χ4v) is 1.90. The second kappa shape index (κ2) is 4.64. The van der Waals surface area contributed by atoms with E-state index in [0.29, 0.717) is 17.1 Å². The lowest BCUT2D eigenvalue weighted by molar-refractivity contribution is 0.0694. The minimum absolute atomic E-state index is 0.0467. The molecule has 0 spiro atoms. The summed E-state index contributed by atoms with van der Waals surface area (Å²) in [7, 11) is 0. The van der Waals surface area contributed by atoms with Crippen molar-refractivity contribution in [3.05, 3.63) is 41.3 Å². The maximum Gasteiger partial charge on any atom is 0.337 e. The summed E-state index contributed by atoms with van der Waals surface area (Å²) in [6, 6.07) is 5.26. The number of carbonyl (C=O) groups is 1. The number of rotatable bonds is 3. The van der Waals surface area contributed by atoms with E-state index in [4.69, 9.17) is 4.42 Å². The topological polar surface area (TPSA) is 63.3 Å². The molecule has 4 nitrogen and oxygen atoms in total. The minimum atomic E-state index is -0.944. The molecule has 0 saturated carbocycles.